The second-order valence-corrected chi connectivity index (χ2v) is 7.52. The smallest absolute Gasteiger partial charge is 0.160 e. The average molecular weight is 348 g/mol. The predicted octanol–water partition coefficient (Wildman–Crippen LogP) is 3.96. The highest BCUT2D eigenvalue weighted by Gasteiger charge is 2.57. The normalized spacial score (nSPS) is 41.0. The lowest BCUT2D eigenvalue weighted by Gasteiger charge is -2.57. The summed E-state index contributed by atoms with van der Waals surface area (Å²) in [4.78, 5) is 12.2. The summed E-state index contributed by atoms with van der Waals surface area (Å²) < 4.78 is 0. The maximum atomic E-state index is 12.2. The fourth-order valence-corrected chi connectivity index (χ4v) is 4.54. The monoisotopic (exact) mass is 346 g/mol. The van der Waals surface area contributed by atoms with Gasteiger partial charge in [0.2, 0.25) is 0 Å². The molecule has 0 aromatic carbocycles. The van der Waals surface area contributed by atoms with E-state index in [2.05, 4.69) is 36.4 Å². The van der Waals surface area contributed by atoms with E-state index in [-0.39, 0.29) is 21.4 Å². The first kappa shape index (κ1) is 15.3. The molecule has 0 aromatic rings. The predicted molar refractivity (Wildman–Crippen MR) is 81.5 cm³/mol. The molecule has 0 amide bonds. The van der Waals surface area contributed by atoms with Crippen molar-refractivity contribution < 1.29 is 9.90 Å². The summed E-state index contributed by atoms with van der Waals surface area (Å²) in [6, 6.07) is 0. The van der Waals surface area contributed by atoms with Crippen molar-refractivity contribution >= 4 is 33.3 Å². The minimum Gasteiger partial charge on any atom is -0.392 e. The van der Waals surface area contributed by atoms with Gasteiger partial charge in [0.15, 0.2) is 5.78 Å². The number of allylic oxidation sites excluding steroid dienone is 1. The van der Waals surface area contributed by atoms with Crippen LogP contribution in [0.25, 0.3) is 0 Å². The molecule has 2 rings (SSSR count). The number of halogens is 2. The molecule has 2 fully saturated rings. The van der Waals surface area contributed by atoms with E-state index >= 15 is 0 Å². The van der Waals surface area contributed by atoms with Crippen LogP contribution >= 0.6 is 27.5 Å². The van der Waals surface area contributed by atoms with E-state index < -0.39 is 6.10 Å². The van der Waals surface area contributed by atoms with Crippen molar-refractivity contribution in [2.45, 2.75) is 50.5 Å². The topological polar surface area (TPSA) is 37.3 Å². The van der Waals surface area contributed by atoms with Crippen molar-refractivity contribution in [2.24, 2.45) is 10.8 Å². The zero-order valence-electron chi connectivity index (χ0n) is 11.4. The Morgan fingerprint density at radius 2 is 2.16 bits per heavy atom. The van der Waals surface area contributed by atoms with Gasteiger partial charge in [0.05, 0.1) is 6.10 Å². The van der Waals surface area contributed by atoms with Crippen molar-refractivity contribution in [1.29, 1.82) is 0 Å². The van der Waals surface area contributed by atoms with Crippen LogP contribution in [-0.2, 0) is 4.79 Å². The first-order valence-corrected chi connectivity index (χ1v) is 7.94. The Balaban J connectivity index is 2.42. The Hall–Kier alpha value is -0.120. The fourth-order valence-electron chi connectivity index (χ4n) is 3.68. The minimum absolute atomic E-state index is 0.0279. The largest absolute Gasteiger partial charge is 0.392 e. The van der Waals surface area contributed by atoms with Gasteiger partial charge in [-0.25, -0.2) is 0 Å². The van der Waals surface area contributed by atoms with Crippen LogP contribution in [0.15, 0.2) is 23.3 Å². The number of hydrogen-bond donors (Lipinski definition) is 1. The van der Waals surface area contributed by atoms with Crippen molar-refractivity contribution in [3.8, 4) is 0 Å². The van der Waals surface area contributed by atoms with Gasteiger partial charge >= 0.3 is 0 Å². The van der Waals surface area contributed by atoms with Crippen LogP contribution in [-0.4, -0.2) is 21.8 Å². The number of aliphatic hydroxyl groups is 1. The summed E-state index contributed by atoms with van der Waals surface area (Å²) in [5, 5.41) is 10.1. The molecule has 0 bridgehead atoms. The third-order valence-electron chi connectivity index (χ3n) is 5.17. The molecule has 2 saturated carbocycles. The first-order valence-electron chi connectivity index (χ1n) is 6.59. The van der Waals surface area contributed by atoms with E-state index in [1.165, 1.54) is 5.54 Å². The van der Waals surface area contributed by atoms with Gasteiger partial charge < -0.3 is 5.11 Å². The number of carbonyl (C=O) groups excluding carboxylic acids is 1. The highest BCUT2D eigenvalue weighted by molar-refractivity contribution is 9.09. The van der Waals surface area contributed by atoms with Gasteiger partial charge in [-0.15, -0.1) is 0 Å². The number of hydrogen-bond acceptors (Lipinski definition) is 2. The van der Waals surface area contributed by atoms with E-state index in [1.807, 2.05) is 0 Å². The Labute approximate surface area is 128 Å². The van der Waals surface area contributed by atoms with Crippen molar-refractivity contribution in [3.63, 3.8) is 0 Å². The molecule has 0 aliphatic heterocycles. The number of rotatable bonds is 0. The molecule has 3 unspecified atom stereocenters. The molecule has 0 saturated heterocycles. The first-order chi connectivity index (χ1) is 8.76. The lowest BCUT2D eigenvalue weighted by atomic mass is 9.49. The molecule has 106 valence electrons. The number of alkyl halides is 1. The molecule has 2 nitrogen and oxygen atoms in total. The summed E-state index contributed by atoms with van der Waals surface area (Å²) in [5.74, 6) is 0.117. The Morgan fingerprint density at radius 1 is 1.53 bits per heavy atom. The maximum absolute atomic E-state index is 12.2. The van der Waals surface area contributed by atoms with Gasteiger partial charge in [0.1, 0.15) is 0 Å². The molecule has 1 N–H and O–H groups in total. The number of ketones is 1. The summed E-state index contributed by atoms with van der Waals surface area (Å²) in [6.45, 7) is 8.40. The van der Waals surface area contributed by atoms with E-state index in [9.17, 15) is 9.90 Å². The second-order valence-electron chi connectivity index (χ2n) is 6.31. The summed E-state index contributed by atoms with van der Waals surface area (Å²) in [6.07, 6.45) is 2.14. The van der Waals surface area contributed by atoms with Gasteiger partial charge in [-0.3, -0.25) is 4.79 Å². The van der Waals surface area contributed by atoms with Crippen LogP contribution in [0.4, 0.5) is 0 Å². The van der Waals surface area contributed by atoms with Crippen LogP contribution in [0.2, 0.25) is 0 Å². The lowest BCUT2D eigenvalue weighted by Crippen LogP contribution is -2.55. The fraction of sp³-hybridized carbons (Fsp3) is 0.667. The molecular weight excluding hydrogens is 328 g/mol. The molecule has 4 heteroatoms. The van der Waals surface area contributed by atoms with Crippen molar-refractivity contribution in [3.05, 3.63) is 23.3 Å². The van der Waals surface area contributed by atoms with Gasteiger partial charge in [-0.2, -0.15) is 0 Å². The Morgan fingerprint density at radius 3 is 2.68 bits per heavy atom. The number of Topliss-reactive ketones (excluding diaryl/α,β-unsaturated/α-hetero) is 1. The third-order valence-corrected chi connectivity index (χ3v) is 7.18. The number of carbonyl (C=O) groups is 1. The average Bonchev–Trinajstić information content (AvgIpc) is 2.35. The van der Waals surface area contributed by atoms with Crippen LogP contribution in [0.3, 0.4) is 0 Å². The SMILES string of the molecule is C=C1CC(O)C(Br)C(C)(C)C12CCC(=CCl)C(=O)C2. The van der Waals surface area contributed by atoms with Crippen molar-refractivity contribution in [1.82, 2.24) is 0 Å². The van der Waals surface area contributed by atoms with Crippen LogP contribution in [0.1, 0.15) is 39.5 Å². The Bertz CT molecular complexity index is 455. The molecular formula is C15H20BrClO2. The molecule has 1 spiro atoms. The van der Waals surface area contributed by atoms with Crippen LogP contribution in [0.5, 0.6) is 0 Å². The number of aliphatic hydroxyl groups excluding tert-OH is 1. The van der Waals surface area contributed by atoms with Crippen molar-refractivity contribution in [2.75, 3.05) is 0 Å². The van der Waals surface area contributed by atoms with Gasteiger partial charge in [0, 0.05) is 27.8 Å². The molecule has 3 atom stereocenters. The van der Waals surface area contributed by atoms with E-state index in [0.29, 0.717) is 24.8 Å². The van der Waals surface area contributed by atoms with E-state index in [1.54, 1.807) is 0 Å². The third kappa shape index (κ3) is 2.14. The standard InChI is InChI=1S/C15H20BrClO2/c1-9-6-11(18)13(16)14(2,3)15(9)5-4-10(8-17)12(19)7-15/h8,11,13,18H,1,4-7H2,2-3H3. The molecule has 19 heavy (non-hydrogen) atoms. The molecule has 0 radical (unpaired) electrons. The maximum Gasteiger partial charge on any atom is 0.160 e. The van der Waals surface area contributed by atoms with E-state index in [4.69, 9.17) is 11.6 Å². The van der Waals surface area contributed by atoms with Crippen LogP contribution in [0, 0.1) is 10.8 Å². The van der Waals surface area contributed by atoms with Crippen LogP contribution < -0.4 is 0 Å². The van der Waals surface area contributed by atoms with Gasteiger partial charge in [-0.1, -0.05) is 53.5 Å². The summed E-state index contributed by atoms with van der Waals surface area (Å²) >= 11 is 9.33. The quantitative estimate of drug-likeness (QED) is 0.409. The minimum atomic E-state index is -0.437. The highest BCUT2D eigenvalue weighted by atomic mass is 79.9. The summed E-state index contributed by atoms with van der Waals surface area (Å²) in [7, 11) is 0. The molecule has 0 aromatic heterocycles. The second kappa shape index (κ2) is 5.01. The highest BCUT2D eigenvalue weighted by Crippen LogP contribution is 2.61. The zero-order valence-corrected chi connectivity index (χ0v) is 13.7. The zero-order chi connectivity index (χ0) is 14.4. The van der Waals surface area contributed by atoms with Gasteiger partial charge in [0.25, 0.3) is 0 Å². The molecule has 2 aliphatic rings. The Kier molecular flexibility index (Phi) is 4.03. The van der Waals surface area contributed by atoms with E-state index in [0.717, 1.165) is 12.0 Å². The lowest BCUT2D eigenvalue weighted by molar-refractivity contribution is -0.123. The molecule has 0 heterocycles. The molecule has 2 aliphatic carbocycles. The van der Waals surface area contributed by atoms with Gasteiger partial charge in [-0.05, 0) is 24.7 Å². The summed E-state index contributed by atoms with van der Waals surface area (Å²) in [5.41, 5.74) is 2.68.